The summed E-state index contributed by atoms with van der Waals surface area (Å²) < 4.78 is 10.8. The summed E-state index contributed by atoms with van der Waals surface area (Å²) in [6, 6.07) is 8.44. The van der Waals surface area contributed by atoms with Crippen LogP contribution in [0.4, 0.5) is 0 Å². The molecule has 0 unspecified atom stereocenters. The van der Waals surface area contributed by atoms with E-state index in [1.54, 1.807) is 7.11 Å². The molecule has 3 heteroatoms. The first-order chi connectivity index (χ1) is 10.6. The molecule has 0 spiro atoms. The molecule has 0 aliphatic carbocycles. The van der Waals surface area contributed by atoms with Crippen molar-refractivity contribution in [3.63, 3.8) is 0 Å². The molecule has 0 saturated heterocycles. The van der Waals surface area contributed by atoms with Crippen LogP contribution in [0.5, 0.6) is 5.75 Å². The number of rotatable bonds is 4. The zero-order chi connectivity index (χ0) is 17.3. The van der Waals surface area contributed by atoms with E-state index >= 15 is 0 Å². The van der Waals surface area contributed by atoms with E-state index in [9.17, 15) is 0 Å². The normalized spacial score (nSPS) is 12.7. The minimum Gasteiger partial charge on any atom is -0.491 e. The lowest BCUT2D eigenvalue weighted by Gasteiger charge is -2.26. The highest BCUT2D eigenvalue weighted by atomic mass is 16.5. The van der Waals surface area contributed by atoms with Crippen LogP contribution in [0.2, 0.25) is 0 Å². The van der Waals surface area contributed by atoms with Crippen molar-refractivity contribution in [3.8, 4) is 5.75 Å². The summed E-state index contributed by atoms with van der Waals surface area (Å²) in [7, 11) is 1.68. The number of methoxy groups -OCH3 is 1. The Labute approximate surface area is 140 Å². The highest BCUT2D eigenvalue weighted by Crippen LogP contribution is 2.34. The first kappa shape index (κ1) is 17.7. The molecular formula is C20H29NO2. The molecule has 1 aromatic heterocycles. The fourth-order valence-corrected chi connectivity index (χ4v) is 2.55. The van der Waals surface area contributed by atoms with Crippen LogP contribution < -0.4 is 4.74 Å². The molecule has 0 aliphatic heterocycles. The Bertz CT molecular complexity index is 678. The van der Waals surface area contributed by atoms with Gasteiger partial charge in [-0.3, -0.25) is 4.98 Å². The average molecular weight is 315 g/mol. The molecule has 0 N–H and O–H groups in total. The lowest BCUT2D eigenvalue weighted by Crippen LogP contribution is -2.18. The maximum atomic E-state index is 5.74. The molecular weight excluding hydrogens is 286 g/mol. The minimum atomic E-state index is 0.0150. The number of ether oxygens (including phenoxy) is 2. The maximum Gasteiger partial charge on any atom is 0.121 e. The lowest BCUT2D eigenvalue weighted by atomic mass is 9.81. The standard InChI is InChI=1S/C20H29NO2/c1-19(2,3)16-13-18(20(4,5)6)21-17-12-14(8-9-15(16)17)23-11-10-22-7/h8-9,12-13H,10-11H2,1-7H3. The predicted octanol–water partition coefficient (Wildman–Crippen LogP) is 4.86. The monoisotopic (exact) mass is 315 g/mol. The molecule has 0 amide bonds. The molecule has 23 heavy (non-hydrogen) atoms. The van der Waals surface area contributed by atoms with Gasteiger partial charge in [-0.1, -0.05) is 41.5 Å². The van der Waals surface area contributed by atoms with Crippen molar-refractivity contribution < 1.29 is 9.47 Å². The SMILES string of the molecule is COCCOc1ccc2c(C(C)(C)C)cc(C(C)(C)C)nc2c1. The third kappa shape index (κ3) is 4.23. The van der Waals surface area contributed by atoms with E-state index in [-0.39, 0.29) is 10.8 Å². The van der Waals surface area contributed by atoms with Crippen LogP contribution in [0.15, 0.2) is 24.3 Å². The van der Waals surface area contributed by atoms with Crippen LogP contribution >= 0.6 is 0 Å². The van der Waals surface area contributed by atoms with E-state index in [0.717, 1.165) is 17.0 Å². The fraction of sp³-hybridized carbons (Fsp3) is 0.550. The van der Waals surface area contributed by atoms with Crippen LogP contribution in [-0.2, 0) is 15.6 Å². The summed E-state index contributed by atoms with van der Waals surface area (Å²) in [6.07, 6.45) is 0. The van der Waals surface area contributed by atoms with Crippen molar-refractivity contribution in [2.45, 2.75) is 52.4 Å². The lowest BCUT2D eigenvalue weighted by molar-refractivity contribution is 0.146. The first-order valence-electron chi connectivity index (χ1n) is 8.20. The topological polar surface area (TPSA) is 31.4 Å². The Kier molecular flexibility index (Phi) is 5.00. The van der Waals surface area contributed by atoms with E-state index in [1.807, 2.05) is 12.1 Å². The van der Waals surface area contributed by atoms with Gasteiger partial charge in [0.25, 0.3) is 0 Å². The van der Waals surface area contributed by atoms with Crippen molar-refractivity contribution in [2.24, 2.45) is 0 Å². The largest absolute Gasteiger partial charge is 0.491 e. The van der Waals surface area contributed by atoms with Gasteiger partial charge in [0.1, 0.15) is 12.4 Å². The highest BCUT2D eigenvalue weighted by Gasteiger charge is 2.23. The number of benzene rings is 1. The Morgan fingerprint density at radius 1 is 0.913 bits per heavy atom. The molecule has 0 radical (unpaired) electrons. The molecule has 126 valence electrons. The Morgan fingerprint density at radius 3 is 2.17 bits per heavy atom. The molecule has 2 aromatic rings. The summed E-state index contributed by atoms with van der Waals surface area (Å²) in [5.41, 5.74) is 3.53. The maximum absolute atomic E-state index is 5.74. The van der Waals surface area contributed by atoms with Crippen molar-refractivity contribution >= 4 is 10.9 Å². The van der Waals surface area contributed by atoms with Gasteiger partial charge in [-0.05, 0) is 29.2 Å². The summed E-state index contributed by atoms with van der Waals surface area (Å²) in [5, 5.41) is 1.20. The molecule has 2 rings (SSSR count). The summed E-state index contributed by atoms with van der Waals surface area (Å²) in [6.45, 7) is 14.5. The van der Waals surface area contributed by atoms with Crippen LogP contribution in [0.25, 0.3) is 10.9 Å². The van der Waals surface area contributed by atoms with Crippen molar-refractivity contribution in [1.29, 1.82) is 0 Å². The van der Waals surface area contributed by atoms with Gasteiger partial charge in [0.2, 0.25) is 0 Å². The van der Waals surface area contributed by atoms with Crippen LogP contribution in [0.3, 0.4) is 0 Å². The van der Waals surface area contributed by atoms with Gasteiger partial charge in [0, 0.05) is 29.7 Å². The number of pyridine rings is 1. The van der Waals surface area contributed by atoms with Crippen LogP contribution in [0.1, 0.15) is 52.8 Å². The number of aromatic nitrogens is 1. The summed E-state index contributed by atoms with van der Waals surface area (Å²) in [4.78, 5) is 4.90. The molecule has 0 aliphatic rings. The van der Waals surface area contributed by atoms with Gasteiger partial charge < -0.3 is 9.47 Å². The van der Waals surface area contributed by atoms with Gasteiger partial charge in [-0.2, -0.15) is 0 Å². The van der Waals surface area contributed by atoms with Gasteiger partial charge in [0.05, 0.1) is 12.1 Å². The quantitative estimate of drug-likeness (QED) is 0.755. The Morgan fingerprint density at radius 2 is 1.61 bits per heavy atom. The molecule has 0 saturated carbocycles. The van der Waals surface area contributed by atoms with Gasteiger partial charge in [-0.25, -0.2) is 0 Å². The average Bonchev–Trinajstić information content (AvgIpc) is 2.44. The number of hydrogen-bond acceptors (Lipinski definition) is 3. The molecule has 0 bridgehead atoms. The van der Waals surface area contributed by atoms with Crippen LogP contribution in [-0.4, -0.2) is 25.3 Å². The molecule has 3 nitrogen and oxygen atoms in total. The van der Waals surface area contributed by atoms with Gasteiger partial charge in [-0.15, -0.1) is 0 Å². The van der Waals surface area contributed by atoms with E-state index in [2.05, 4.69) is 53.7 Å². The van der Waals surface area contributed by atoms with Gasteiger partial charge in [0.15, 0.2) is 0 Å². The third-order valence-corrected chi connectivity index (χ3v) is 3.91. The molecule has 0 atom stereocenters. The summed E-state index contributed by atoms with van der Waals surface area (Å²) >= 11 is 0. The van der Waals surface area contributed by atoms with Gasteiger partial charge >= 0.3 is 0 Å². The molecule has 1 aromatic carbocycles. The Hall–Kier alpha value is -1.61. The zero-order valence-electron chi connectivity index (χ0n) is 15.5. The molecule has 1 heterocycles. The number of nitrogens with zero attached hydrogens (tertiary/aromatic N) is 1. The highest BCUT2D eigenvalue weighted by molar-refractivity contribution is 5.85. The van der Waals surface area contributed by atoms with E-state index in [1.165, 1.54) is 10.9 Å². The van der Waals surface area contributed by atoms with Crippen molar-refractivity contribution in [2.75, 3.05) is 20.3 Å². The smallest absolute Gasteiger partial charge is 0.121 e. The van der Waals surface area contributed by atoms with E-state index < -0.39 is 0 Å². The predicted molar refractivity (Wildman–Crippen MR) is 96.5 cm³/mol. The van der Waals surface area contributed by atoms with Crippen molar-refractivity contribution in [1.82, 2.24) is 4.98 Å². The second-order valence-corrected chi connectivity index (χ2v) is 8.08. The van der Waals surface area contributed by atoms with E-state index in [0.29, 0.717) is 13.2 Å². The zero-order valence-corrected chi connectivity index (χ0v) is 15.5. The van der Waals surface area contributed by atoms with E-state index in [4.69, 9.17) is 14.5 Å². The summed E-state index contributed by atoms with van der Waals surface area (Å²) in [5.74, 6) is 0.841. The third-order valence-electron chi connectivity index (χ3n) is 3.91. The molecule has 0 fully saturated rings. The second kappa shape index (κ2) is 6.48. The van der Waals surface area contributed by atoms with Crippen molar-refractivity contribution in [3.05, 3.63) is 35.5 Å². The Balaban J connectivity index is 2.56. The number of fused-ring (bicyclic) bond motifs is 1. The minimum absolute atomic E-state index is 0.0150. The fourth-order valence-electron chi connectivity index (χ4n) is 2.55. The van der Waals surface area contributed by atoms with Crippen LogP contribution in [0, 0.1) is 0 Å². The number of hydrogen-bond donors (Lipinski definition) is 0. The first-order valence-corrected chi connectivity index (χ1v) is 8.20. The second-order valence-electron chi connectivity index (χ2n) is 8.08.